The van der Waals surface area contributed by atoms with Crippen LogP contribution in [0.3, 0.4) is 0 Å². The molecule has 2 rings (SSSR count). The number of carboxylic acid groups (broad SMARTS) is 1. The van der Waals surface area contributed by atoms with Crippen molar-refractivity contribution in [3.63, 3.8) is 0 Å². The summed E-state index contributed by atoms with van der Waals surface area (Å²) in [4.78, 5) is 25.6. The first-order valence-electron chi connectivity index (χ1n) is 6.39. The molecule has 0 unspecified atom stereocenters. The zero-order valence-electron chi connectivity index (χ0n) is 11.7. The maximum atomic E-state index is 12.1. The Hall–Kier alpha value is -2.46. The number of thiazole rings is 1. The smallest absolute Gasteiger partial charge is 0.263 e. The van der Waals surface area contributed by atoms with Crippen LogP contribution in [0.2, 0.25) is 0 Å². The minimum atomic E-state index is -3.75. The summed E-state index contributed by atoms with van der Waals surface area (Å²) in [5.74, 6) is -1.81. The van der Waals surface area contributed by atoms with Gasteiger partial charge in [-0.2, -0.15) is 0 Å². The summed E-state index contributed by atoms with van der Waals surface area (Å²) in [6.07, 6.45) is 0.887. The minimum absolute atomic E-state index is 0.0143. The summed E-state index contributed by atoms with van der Waals surface area (Å²) in [7, 11) is -3.75. The molecule has 23 heavy (non-hydrogen) atoms. The third-order valence-electron chi connectivity index (χ3n) is 2.66. The first kappa shape index (κ1) is 16.9. The van der Waals surface area contributed by atoms with Crippen molar-refractivity contribution in [2.75, 3.05) is 10.0 Å². The molecule has 0 fully saturated rings. The van der Waals surface area contributed by atoms with Crippen molar-refractivity contribution >= 4 is 44.1 Å². The average molecular weight is 354 g/mol. The van der Waals surface area contributed by atoms with Crippen LogP contribution >= 0.6 is 11.3 Å². The van der Waals surface area contributed by atoms with Gasteiger partial charge in [-0.3, -0.25) is 9.52 Å². The van der Waals surface area contributed by atoms with E-state index in [4.69, 9.17) is 0 Å². The number of rotatable bonds is 7. The van der Waals surface area contributed by atoms with Gasteiger partial charge in [-0.1, -0.05) is 0 Å². The Morgan fingerprint density at radius 3 is 2.43 bits per heavy atom. The number of aromatic nitrogens is 1. The number of sulfonamides is 1. The second kappa shape index (κ2) is 7.20. The number of carbonyl (C=O) groups excluding carboxylic acids is 2. The predicted molar refractivity (Wildman–Crippen MR) is 82.2 cm³/mol. The van der Waals surface area contributed by atoms with E-state index >= 15 is 0 Å². The fourth-order valence-corrected chi connectivity index (χ4v) is 3.39. The van der Waals surface area contributed by atoms with Crippen LogP contribution in [0.25, 0.3) is 0 Å². The molecule has 2 aromatic rings. The first-order chi connectivity index (χ1) is 10.9. The van der Waals surface area contributed by atoms with E-state index in [1.54, 1.807) is 5.38 Å². The van der Waals surface area contributed by atoms with Gasteiger partial charge in [0.25, 0.3) is 10.0 Å². The molecule has 10 heteroatoms. The molecule has 0 aliphatic carbocycles. The molecule has 0 aliphatic rings. The number of benzene rings is 1. The Bertz CT molecular complexity index is 786. The van der Waals surface area contributed by atoms with Gasteiger partial charge in [-0.05, 0) is 30.7 Å². The number of amides is 1. The first-order valence-corrected chi connectivity index (χ1v) is 8.75. The Morgan fingerprint density at radius 2 is 1.87 bits per heavy atom. The third kappa shape index (κ3) is 5.04. The zero-order chi connectivity index (χ0) is 16.9. The lowest BCUT2D eigenvalue weighted by atomic mass is 10.2. The highest BCUT2D eigenvalue weighted by Crippen LogP contribution is 2.19. The standard InChI is InChI=1S/C13H13N3O5S2/c17-11(5-6-12(18)19)15-9-1-3-10(4-2-9)23(20,21)16-13-14-7-8-22-13/h1-4,7-8H,5-6H2,(H,14,16)(H,15,17)(H,18,19)/p-1. The fourth-order valence-electron chi connectivity index (χ4n) is 1.60. The second-order valence-electron chi connectivity index (χ2n) is 4.39. The Kier molecular flexibility index (Phi) is 5.29. The van der Waals surface area contributed by atoms with Crippen molar-refractivity contribution < 1.29 is 23.1 Å². The Morgan fingerprint density at radius 1 is 1.17 bits per heavy atom. The van der Waals surface area contributed by atoms with E-state index in [0.29, 0.717) is 5.69 Å². The second-order valence-corrected chi connectivity index (χ2v) is 6.96. The number of nitrogens with zero attached hydrogens (tertiary/aromatic N) is 1. The van der Waals surface area contributed by atoms with E-state index in [1.807, 2.05) is 0 Å². The van der Waals surface area contributed by atoms with Crippen LogP contribution in [-0.4, -0.2) is 25.3 Å². The van der Waals surface area contributed by atoms with Crippen LogP contribution in [0.4, 0.5) is 10.8 Å². The van der Waals surface area contributed by atoms with E-state index in [0.717, 1.165) is 11.3 Å². The number of carbonyl (C=O) groups is 2. The van der Waals surface area contributed by atoms with E-state index in [1.165, 1.54) is 30.5 Å². The van der Waals surface area contributed by atoms with Gasteiger partial charge in [0.2, 0.25) is 5.91 Å². The summed E-state index contributed by atoms with van der Waals surface area (Å²) in [5.41, 5.74) is 0.363. The van der Waals surface area contributed by atoms with E-state index in [9.17, 15) is 23.1 Å². The highest BCUT2D eigenvalue weighted by Gasteiger charge is 2.15. The molecule has 0 saturated heterocycles. The molecular formula is C13H12N3O5S2-. The normalized spacial score (nSPS) is 11.0. The predicted octanol–water partition coefficient (Wildman–Crippen LogP) is 0.412. The molecule has 8 nitrogen and oxygen atoms in total. The number of hydrogen-bond acceptors (Lipinski definition) is 7. The van der Waals surface area contributed by atoms with Crippen molar-refractivity contribution in [2.24, 2.45) is 0 Å². The average Bonchev–Trinajstić information content (AvgIpc) is 2.98. The topological polar surface area (TPSA) is 128 Å². The molecule has 122 valence electrons. The molecule has 0 radical (unpaired) electrons. The summed E-state index contributed by atoms with van der Waals surface area (Å²) in [5, 5.41) is 14.6. The molecule has 0 bridgehead atoms. The Labute approximate surface area is 136 Å². The molecule has 1 aromatic heterocycles. The maximum absolute atomic E-state index is 12.1. The molecule has 1 aromatic carbocycles. The van der Waals surface area contributed by atoms with Crippen LogP contribution in [0.15, 0.2) is 40.7 Å². The van der Waals surface area contributed by atoms with Crippen molar-refractivity contribution in [2.45, 2.75) is 17.7 Å². The monoisotopic (exact) mass is 354 g/mol. The summed E-state index contributed by atoms with van der Waals surface area (Å²) in [6, 6.07) is 5.47. The number of hydrogen-bond donors (Lipinski definition) is 2. The van der Waals surface area contributed by atoms with Gasteiger partial charge >= 0.3 is 0 Å². The van der Waals surface area contributed by atoms with Gasteiger partial charge in [0.05, 0.1) is 4.90 Å². The van der Waals surface area contributed by atoms with E-state index in [2.05, 4.69) is 15.0 Å². The maximum Gasteiger partial charge on any atom is 0.263 e. The van der Waals surface area contributed by atoms with Crippen molar-refractivity contribution in [3.8, 4) is 0 Å². The van der Waals surface area contributed by atoms with Gasteiger partial charge < -0.3 is 15.2 Å². The molecule has 0 saturated carbocycles. The molecule has 1 amide bonds. The van der Waals surface area contributed by atoms with Crippen LogP contribution < -0.4 is 15.1 Å². The van der Waals surface area contributed by atoms with E-state index in [-0.39, 0.29) is 22.9 Å². The lowest BCUT2D eigenvalue weighted by Crippen LogP contribution is -2.24. The fraction of sp³-hybridized carbons (Fsp3) is 0.154. The van der Waals surface area contributed by atoms with Crippen molar-refractivity contribution in [1.29, 1.82) is 0 Å². The van der Waals surface area contributed by atoms with Crippen molar-refractivity contribution in [3.05, 3.63) is 35.8 Å². The lowest BCUT2D eigenvalue weighted by molar-refractivity contribution is -0.305. The number of anilines is 2. The Balaban J connectivity index is 2.01. The van der Waals surface area contributed by atoms with Gasteiger partial charge in [-0.25, -0.2) is 13.4 Å². The van der Waals surface area contributed by atoms with Gasteiger partial charge in [-0.15, -0.1) is 11.3 Å². The SMILES string of the molecule is O=C([O-])CCC(=O)Nc1ccc(S(=O)(=O)Nc2nccs2)cc1. The molecule has 1 heterocycles. The van der Waals surface area contributed by atoms with Gasteiger partial charge in [0.1, 0.15) is 0 Å². The molecule has 0 spiro atoms. The highest BCUT2D eigenvalue weighted by molar-refractivity contribution is 7.93. The van der Waals surface area contributed by atoms with Crippen LogP contribution in [-0.2, 0) is 19.6 Å². The summed E-state index contributed by atoms with van der Waals surface area (Å²) in [6.45, 7) is 0. The van der Waals surface area contributed by atoms with E-state index < -0.39 is 21.9 Å². The third-order valence-corrected chi connectivity index (χ3v) is 4.83. The van der Waals surface area contributed by atoms with Crippen molar-refractivity contribution in [1.82, 2.24) is 4.98 Å². The molecular weight excluding hydrogens is 342 g/mol. The number of carboxylic acids is 1. The summed E-state index contributed by atoms with van der Waals surface area (Å²) < 4.78 is 26.5. The van der Waals surface area contributed by atoms with Crippen LogP contribution in [0.1, 0.15) is 12.8 Å². The van der Waals surface area contributed by atoms with Gasteiger partial charge in [0, 0.05) is 29.7 Å². The zero-order valence-corrected chi connectivity index (χ0v) is 13.3. The number of nitrogens with one attached hydrogen (secondary N) is 2. The molecule has 0 atom stereocenters. The van der Waals surface area contributed by atoms with Crippen LogP contribution in [0, 0.1) is 0 Å². The molecule has 0 aliphatic heterocycles. The number of aliphatic carboxylic acids is 1. The van der Waals surface area contributed by atoms with Gasteiger partial charge in [0.15, 0.2) is 5.13 Å². The quantitative estimate of drug-likeness (QED) is 0.741. The molecule has 2 N–H and O–H groups in total. The largest absolute Gasteiger partial charge is 0.550 e. The highest BCUT2D eigenvalue weighted by atomic mass is 32.2. The van der Waals surface area contributed by atoms with Crippen LogP contribution in [0.5, 0.6) is 0 Å². The summed E-state index contributed by atoms with van der Waals surface area (Å²) >= 11 is 1.15. The lowest BCUT2D eigenvalue weighted by Gasteiger charge is -2.08. The minimum Gasteiger partial charge on any atom is -0.550 e.